The molecule has 0 saturated carbocycles. The summed E-state index contributed by atoms with van der Waals surface area (Å²) in [5, 5.41) is 4.31. The van der Waals surface area contributed by atoms with Gasteiger partial charge in [-0.3, -0.25) is 4.68 Å². The second kappa shape index (κ2) is 3.26. The molecule has 11 heavy (non-hydrogen) atoms. The van der Waals surface area contributed by atoms with E-state index < -0.39 is 0 Å². The third-order valence-electron chi connectivity index (χ3n) is 1.69. The molecule has 0 spiro atoms. The first-order chi connectivity index (χ1) is 5.15. The second-order valence-corrected chi connectivity index (χ2v) is 3.21. The maximum Gasteiger partial charge on any atom is 0.0637 e. The summed E-state index contributed by atoms with van der Waals surface area (Å²) in [6.07, 6.45) is 2.01. The third kappa shape index (κ3) is 1.74. The summed E-state index contributed by atoms with van der Waals surface area (Å²) < 4.78 is 1.94. The number of nitrogens with zero attached hydrogens (tertiary/aromatic N) is 2. The largest absolute Gasteiger partial charge is 0.270 e. The van der Waals surface area contributed by atoms with Gasteiger partial charge in [0.2, 0.25) is 0 Å². The Morgan fingerprint density at radius 1 is 1.64 bits per heavy atom. The zero-order valence-corrected chi connectivity index (χ0v) is 7.89. The Balaban J connectivity index is 2.95. The van der Waals surface area contributed by atoms with Crippen LogP contribution in [-0.2, 0) is 5.88 Å². The number of halogens is 1. The predicted molar refractivity (Wildman–Crippen MR) is 46.9 cm³/mol. The van der Waals surface area contributed by atoms with Crippen molar-refractivity contribution in [3.63, 3.8) is 0 Å². The Hall–Kier alpha value is -0.500. The van der Waals surface area contributed by atoms with E-state index in [1.165, 1.54) is 0 Å². The minimum absolute atomic E-state index is 0.422. The first-order valence-electron chi connectivity index (χ1n) is 3.75. The fourth-order valence-corrected chi connectivity index (χ4v) is 1.18. The van der Waals surface area contributed by atoms with E-state index in [2.05, 4.69) is 18.9 Å². The maximum absolute atomic E-state index is 5.70. The van der Waals surface area contributed by atoms with Gasteiger partial charge in [-0.1, -0.05) is 0 Å². The zero-order valence-electron chi connectivity index (χ0n) is 7.13. The molecule has 0 aliphatic heterocycles. The lowest BCUT2D eigenvalue weighted by Gasteiger charge is -2.02. The van der Waals surface area contributed by atoms with E-state index in [0.29, 0.717) is 11.9 Å². The van der Waals surface area contributed by atoms with E-state index in [9.17, 15) is 0 Å². The standard InChI is InChI=1S/C8H13ClN2/c1-6(2)11-5-8(4-9)7(3)10-11/h5-6H,4H2,1-3H3. The van der Waals surface area contributed by atoms with Crippen LogP contribution in [0.2, 0.25) is 0 Å². The number of aryl methyl sites for hydroxylation is 1. The molecule has 0 radical (unpaired) electrons. The highest BCUT2D eigenvalue weighted by Crippen LogP contribution is 2.11. The van der Waals surface area contributed by atoms with Crippen LogP contribution in [-0.4, -0.2) is 9.78 Å². The number of aromatic nitrogens is 2. The quantitative estimate of drug-likeness (QED) is 0.627. The molecule has 3 heteroatoms. The van der Waals surface area contributed by atoms with Crippen LogP contribution in [0.3, 0.4) is 0 Å². The van der Waals surface area contributed by atoms with Crippen molar-refractivity contribution in [2.75, 3.05) is 0 Å². The summed E-state index contributed by atoms with van der Waals surface area (Å²) in [7, 11) is 0. The molecule has 1 aromatic rings. The normalized spacial score (nSPS) is 11.0. The number of hydrogen-bond donors (Lipinski definition) is 0. The van der Waals surface area contributed by atoms with Crippen molar-refractivity contribution >= 4 is 11.6 Å². The topological polar surface area (TPSA) is 17.8 Å². The highest BCUT2D eigenvalue weighted by atomic mass is 35.5. The minimum Gasteiger partial charge on any atom is -0.270 e. The summed E-state index contributed by atoms with van der Waals surface area (Å²) in [5.41, 5.74) is 2.16. The average molecular weight is 173 g/mol. The van der Waals surface area contributed by atoms with Crippen molar-refractivity contribution in [2.24, 2.45) is 0 Å². The van der Waals surface area contributed by atoms with Gasteiger partial charge in [-0.2, -0.15) is 5.10 Å². The summed E-state index contributed by atoms with van der Waals surface area (Å²) in [6, 6.07) is 0.422. The molecule has 0 atom stereocenters. The van der Waals surface area contributed by atoms with Gasteiger partial charge in [0.1, 0.15) is 0 Å². The Kier molecular flexibility index (Phi) is 2.55. The van der Waals surface area contributed by atoms with Gasteiger partial charge in [-0.15, -0.1) is 11.6 Å². The van der Waals surface area contributed by atoms with E-state index >= 15 is 0 Å². The third-order valence-corrected chi connectivity index (χ3v) is 1.98. The van der Waals surface area contributed by atoms with Crippen LogP contribution >= 0.6 is 11.6 Å². The van der Waals surface area contributed by atoms with E-state index in [0.717, 1.165) is 11.3 Å². The monoisotopic (exact) mass is 172 g/mol. The number of hydrogen-bond acceptors (Lipinski definition) is 1. The minimum atomic E-state index is 0.422. The van der Waals surface area contributed by atoms with Crippen molar-refractivity contribution in [1.82, 2.24) is 9.78 Å². The van der Waals surface area contributed by atoms with Crippen molar-refractivity contribution in [3.05, 3.63) is 17.5 Å². The van der Waals surface area contributed by atoms with Crippen LogP contribution in [0.15, 0.2) is 6.20 Å². The highest BCUT2D eigenvalue weighted by Gasteiger charge is 2.04. The summed E-state index contributed by atoms with van der Waals surface area (Å²) in [6.45, 7) is 6.19. The smallest absolute Gasteiger partial charge is 0.0637 e. The van der Waals surface area contributed by atoms with Crippen molar-refractivity contribution in [3.8, 4) is 0 Å². The average Bonchev–Trinajstić information content (AvgIpc) is 2.31. The molecule has 0 aliphatic rings. The van der Waals surface area contributed by atoms with Gasteiger partial charge in [0.05, 0.1) is 11.6 Å². The molecule has 0 unspecified atom stereocenters. The van der Waals surface area contributed by atoms with Gasteiger partial charge in [0.15, 0.2) is 0 Å². The van der Waals surface area contributed by atoms with Gasteiger partial charge in [0.25, 0.3) is 0 Å². The molecule has 62 valence electrons. The van der Waals surface area contributed by atoms with Crippen molar-refractivity contribution in [1.29, 1.82) is 0 Å². The summed E-state index contributed by atoms with van der Waals surface area (Å²) in [4.78, 5) is 0. The van der Waals surface area contributed by atoms with E-state index in [1.807, 2.05) is 17.8 Å². The molecule has 0 N–H and O–H groups in total. The van der Waals surface area contributed by atoms with E-state index in [4.69, 9.17) is 11.6 Å². The van der Waals surface area contributed by atoms with E-state index in [-0.39, 0.29) is 0 Å². The second-order valence-electron chi connectivity index (χ2n) is 2.95. The molecule has 1 aromatic heterocycles. The predicted octanol–water partition coefficient (Wildman–Crippen LogP) is 2.51. The Morgan fingerprint density at radius 2 is 2.27 bits per heavy atom. The van der Waals surface area contributed by atoms with Gasteiger partial charge >= 0.3 is 0 Å². The Morgan fingerprint density at radius 3 is 2.55 bits per heavy atom. The highest BCUT2D eigenvalue weighted by molar-refractivity contribution is 6.17. The molecule has 0 bridgehead atoms. The maximum atomic E-state index is 5.70. The van der Waals surface area contributed by atoms with Crippen molar-refractivity contribution in [2.45, 2.75) is 32.7 Å². The fraction of sp³-hybridized carbons (Fsp3) is 0.625. The molecular weight excluding hydrogens is 160 g/mol. The first-order valence-corrected chi connectivity index (χ1v) is 4.29. The van der Waals surface area contributed by atoms with Crippen LogP contribution in [0.5, 0.6) is 0 Å². The molecule has 1 rings (SSSR count). The lowest BCUT2D eigenvalue weighted by atomic mass is 10.3. The molecule has 0 fully saturated rings. The van der Waals surface area contributed by atoms with Crippen LogP contribution in [0, 0.1) is 6.92 Å². The first kappa shape index (κ1) is 8.60. The van der Waals surface area contributed by atoms with Gasteiger partial charge in [-0.05, 0) is 20.8 Å². The molecule has 0 amide bonds. The van der Waals surface area contributed by atoms with Crippen LogP contribution < -0.4 is 0 Å². The molecule has 0 saturated heterocycles. The summed E-state index contributed by atoms with van der Waals surface area (Å²) >= 11 is 5.70. The zero-order chi connectivity index (χ0) is 8.43. The number of rotatable bonds is 2. The van der Waals surface area contributed by atoms with Gasteiger partial charge in [0, 0.05) is 17.8 Å². The van der Waals surface area contributed by atoms with Crippen LogP contribution in [0.4, 0.5) is 0 Å². The molecule has 2 nitrogen and oxygen atoms in total. The summed E-state index contributed by atoms with van der Waals surface area (Å²) in [5.74, 6) is 0.554. The Labute approximate surface area is 72.2 Å². The molecular formula is C8H13ClN2. The lowest BCUT2D eigenvalue weighted by molar-refractivity contribution is 0.529. The fourth-order valence-electron chi connectivity index (χ4n) is 0.915. The SMILES string of the molecule is Cc1nn(C(C)C)cc1CCl. The Bertz CT molecular complexity index is 240. The van der Waals surface area contributed by atoms with Crippen molar-refractivity contribution < 1.29 is 0 Å². The van der Waals surface area contributed by atoms with E-state index in [1.54, 1.807) is 0 Å². The lowest BCUT2D eigenvalue weighted by Crippen LogP contribution is -2.00. The number of alkyl halides is 1. The molecule has 0 aliphatic carbocycles. The van der Waals surface area contributed by atoms with Gasteiger partial charge in [-0.25, -0.2) is 0 Å². The van der Waals surface area contributed by atoms with Crippen LogP contribution in [0.1, 0.15) is 31.1 Å². The molecule has 1 heterocycles. The van der Waals surface area contributed by atoms with Gasteiger partial charge < -0.3 is 0 Å². The van der Waals surface area contributed by atoms with Crippen LogP contribution in [0.25, 0.3) is 0 Å². The molecule has 0 aromatic carbocycles.